The summed E-state index contributed by atoms with van der Waals surface area (Å²) < 4.78 is 10.7. The number of benzene rings is 1. The van der Waals surface area contributed by atoms with Crippen LogP contribution in [-0.4, -0.2) is 16.2 Å². The predicted molar refractivity (Wildman–Crippen MR) is 73.5 cm³/mol. The number of carboxylic acid groups (broad SMARTS) is 1. The van der Waals surface area contributed by atoms with Crippen LogP contribution >= 0.6 is 0 Å². The van der Waals surface area contributed by atoms with Gasteiger partial charge >= 0.3 is 5.97 Å². The van der Waals surface area contributed by atoms with E-state index in [1.54, 1.807) is 6.92 Å². The molecule has 0 spiro atoms. The van der Waals surface area contributed by atoms with Crippen LogP contribution in [0.15, 0.2) is 44.0 Å². The van der Waals surface area contributed by atoms with Gasteiger partial charge in [-0.25, -0.2) is 4.79 Å². The first-order valence-electron chi connectivity index (χ1n) is 6.07. The molecular formula is C15H10O6. The first-order valence-corrected chi connectivity index (χ1v) is 6.07. The van der Waals surface area contributed by atoms with Crippen LogP contribution in [0.2, 0.25) is 0 Å². The Bertz CT molecular complexity index is 916. The Labute approximate surface area is 117 Å². The van der Waals surface area contributed by atoms with Gasteiger partial charge in [0.25, 0.3) is 0 Å². The first-order chi connectivity index (χ1) is 9.97. The molecule has 0 amide bonds. The summed E-state index contributed by atoms with van der Waals surface area (Å²) >= 11 is 0. The highest BCUT2D eigenvalue weighted by Gasteiger charge is 2.18. The van der Waals surface area contributed by atoms with Crippen LogP contribution in [0.5, 0.6) is 5.75 Å². The fourth-order valence-corrected chi connectivity index (χ4v) is 2.17. The topological polar surface area (TPSA) is 101 Å². The minimum absolute atomic E-state index is 0.0102. The number of carboxylic acids is 1. The van der Waals surface area contributed by atoms with Crippen LogP contribution in [0.4, 0.5) is 0 Å². The molecule has 6 nitrogen and oxygen atoms in total. The highest BCUT2D eigenvalue weighted by molar-refractivity contribution is 5.86. The lowest BCUT2D eigenvalue weighted by molar-refractivity contribution is 0.0663. The minimum atomic E-state index is -1.21. The number of aromatic carboxylic acids is 1. The van der Waals surface area contributed by atoms with E-state index in [4.69, 9.17) is 13.9 Å². The summed E-state index contributed by atoms with van der Waals surface area (Å²) in [5, 5.41) is 18.6. The van der Waals surface area contributed by atoms with Crippen molar-refractivity contribution < 1.29 is 23.8 Å². The van der Waals surface area contributed by atoms with Crippen molar-refractivity contribution in [2.45, 2.75) is 6.92 Å². The molecule has 6 heteroatoms. The van der Waals surface area contributed by atoms with Crippen molar-refractivity contribution in [3.63, 3.8) is 0 Å². The molecule has 1 aromatic carbocycles. The fourth-order valence-electron chi connectivity index (χ4n) is 2.17. The number of hydrogen-bond acceptors (Lipinski definition) is 5. The largest absolute Gasteiger partial charge is 0.508 e. The Morgan fingerprint density at radius 2 is 1.90 bits per heavy atom. The molecular weight excluding hydrogens is 276 g/mol. The van der Waals surface area contributed by atoms with E-state index in [0.29, 0.717) is 0 Å². The summed E-state index contributed by atoms with van der Waals surface area (Å²) in [7, 11) is 0. The van der Waals surface area contributed by atoms with Gasteiger partial charge in [-0.05, 0) is 31.2 Å². The zero-order chi connectivity index (χ0) is 15.1. The van der Waals surface area contributed by atoms with E-state index in [9.17, 15) is 14.7 Å². The average Bonchev–Trinajstić information content (AvgIpc) is 2.87. The molecule has 0 atom stereocenters. The summed E-state index contributed by atoms with van der Waals surface area (Å²) in [6, 6.07) is 6.86. The van der Waals surface area contributed by atoms with Gasteiger partial charge in [0.1, 0.15) is 28.4 Å². The predicted octanol–water partition coefficient (Wildman–Crippen LogP) is 2.77. The minimum Gasteiger partial charge on any atom is -0.508 e. The SMILES string of the molecule is Cc1oc2cc(O)ccc2c(=O)c1-c1ccc(C(=O)O)o1. The van der Waals surface area contributed by atoms with Gasteiger partial charge in [-0.2, -0.15) is 0 Å². The second kappa shape index (κ2) is 4.52. The number of aryl methyl sites for hydroxylation is 1. The summed E-state index contributed by atoms with van der Waals surface area (Å²) in [4.78, 5) is 23.3. The van der Waals surface area contributed by atoms with Gasteiger partial charge in [-0.1, -0.05) is 0 Å². The quantitative estimate of drug-likeness (QED) is 0.751. The molecule has 2 heterocycles. The third-order valence-electron chi connectivity index (χ3n) is 3.12. The van der Waals surface area contributed by atoms with E-state index in [0.717, 1.165) is 0 Å². The van der Waals surface area contributed by atoms with E-state index in [2.05, 4.69) is 0 Å². The molecule has 0 unspecified atom stereocenters. The number of aromatic hydroxyl groups is 1. The number of phenols is 1. The van der Waals surface area contributed by atoms with Crippen LogP contribution < -0.4 is 5.43 Å². The molecule has 3 aromatic rings. The van der Waals surface area contributed by atoms with Crippen molar-refractivity contribution in [1.29, 1.82) is 0 Å². The summed E-state index contributed by atoms with van der Waals surface area (Å²) in [5.74, 6) is -1.06. The third-order valence-corrected chi connectivity index (χ3v) is 3.12. The molecule has 0 saturated carbocycles. The summed E-state index contributed by atoms with van der Waals surface area (Å²) in [6.07, 6.45) is 0. The smallest absolute Gasteiger partial charge is 0.371 e. The van der Waals surface area contributed by atoms with Crippen molar-refractivity contribution in [2.75, 3.05) is 0 Å². The molecule has 106 valence electrons. The lowest BCUT2D eigenvalue weighted by Gasteiger charge is -2.04. The average molecular weight is 286 g/mol. The van der Waals surface area contributed by atoms with Gasteiger partial charge in [-0.3, -0.25) is 4.79 Å². The van der Waals surface area contributed by atoms with E-state index < -0.39 is 5.97 Å². The normalized spacial score (nSPS) is 10.9. The Morgan fingerprint density at radius 1 is 1.14 bits per heavy atom. The standard InChI is InChI=1S/C15H10O6/c1-7-13(10-4-5-11(21-10)15(18)19)14(17)9-3-2-8(16)6-12(9)20-7/h2-6,16H,1H3,(H,18,19). The number of carbonyl (C=O) groups is 1. The monoisotopic (exact) mass is 286 g/mol. The van der Waals surface area contributed by atoms with E-state index in [1.165, 1.54) is 30.3 Å². The molecule has 21 heavy (non-hydrogen) atoms. The Balaban J connectivity index is 2.29. The van der Waals surface area contributed by atoms with E-state index >= 15 is 0 Å². The maximum atomic E-state index is 12.5. The Morgan fingerprint density at radius 3 is 2.57 bits per heavy atom. The number of furan rings is 1. The van der Waals surface area contributed by atoms with Crippen LogP contribution in [0.3, 0.4) is 0 Å². The maximum Gasteiger partial charge on any atom is 0.371 e. The molecule has 0 aliphatic heterocycles. The Hall–Kier alpha value is -3.02. The number of fused-ring (bicyclic) bond motifs is 1. The number of hydrogen-bond donors (Lipinski definition) is 2. The molecule has 2 aromatic heterocycles. The highest BCUT2D eigenvalue weighted by Crippen LogP contribution is 2.27. The van der Waals surface area contributed by atoms with Crippen molar-refractivity contribution in [1.82, 2.24) is 0 Å². The lowest BCUT2D eigenvalue weighted by atomic mass is 10.1. The van der Waals surface area contributed by atoms with E-state index in [-0.39, 0.29) is 45.0 Å². The van der Waals surface area contributed by atoms with Gasteiger partial charge < -0.3 is 19.0 Å². The van der Waals surface area contributed by atoms with Crippen LogP contribution in [0.25, 0.3) is 22.3 Å². The molecule has 0 aliphatic rings. The van der Waals surface area contributed by atoms with Gasteiger partial charge in [0, 0.05) is 6.07 Å². The van der Waals surface area contributed by atoms with E-state index in [1.807, 2.05) is 0 Å². The van der Waals surface area contributed by atoms with Crippen molar-refractivity contribution in [3.8, 4) is 17.1 Å². The van der Waals surface area contributed by atoms with Gasteiger partial charge in [0.15, 0.2) is 0 Å². The first kappa shape index (κ1) is 13.0. The molecule has 0 saturated heterocycles. The second-order valence-corrected chi connectivity index (χ2v) is 4.51. The lowest BCUT2D eigenvalue weighted by Crippen LogP contribution is -2.06. The molecule has 0 fully saturated rings. The van der Waals surface area contributed by atoms with Crippen molar-refractivity contribution in [2.24, 2.45) is 0 Å². The van der Waals surface area contributed by atoms with Crippen molar-refractivity contribution >= 4 is 16.9 Å². The van der Waals surface area contributed by atoms with Gasteiger partial charge in [0.2, 0.25) is 11.2 Å². The maximum absolute atomic E-state index is 12.5. The van der Waals surface area contributed by atoms with Gasteiger partial charge in [0.05, 0.1) is 5.39 Å². The highest BCUT2D eigenvalue weighted by atomic mass is 16.4. The molecule has 0 radical (unpaired) electrons. The summed E-state index contributed by atoms with van der Waals surface area (Å²) in [5.41, 5.74) is 0.0759. The fraction of sp³-hybridized carbons (Fsp3) is 0.0667. The van der Waals surface area contributed by atoms with Gasteiger partial charge in [-0.15, -0.1) is 0 Å². The zero-order valence-corrected chi connectivity index (χ0v) is 10.9. The van der Waals surface area contributed by atoms with Crippen LogP contribution in [0.1, 0.15) is 16.3 Å². The van der Waals surface area contributed by atoms with Crippen LogP contribution in [0, 0.1) is 6.92 Å². The molecule has 0 bridgehead atoms. The molecule has 3 rings (SSSR count). The zero-order valence-electron chi connectivity index (χ0n) is 10.9. The number of rotatable bonds is 2. The van der Waals surface area contributed by atoms with Crippen LogP contribution in [-0.2, 0) is 0 Å². The van der Waals surface area contributed by atoms with Crippen molar-refractivity contribution in [3.05, 3.63) is 52.1 Å². The number of phenolic OH excluding ortho intramolecular Hbond substituents is 1. The summed E-state index contributed by atoms with van der Waals surface area (Å²) in [6.45, 7) is 1.57. The Kier molecular flexibility index (Phi) is 2.79. The third kappa shape index (κ3) is 2.06. The second-order valence-electron chi connectivity index (χ2n) is 4.51. The molecule has 0 aliphatic carbocycles. The molecule has 2 N–H and O–H groups in total.